The standard InChI is InChI=1S/C13H21NO4/c1-8-11(6-7-18-8)14-12(15)9-4-2-3-5-10(9)13(16)17/h8-11H,2-7H2,1H3,(H,14,15)(H,16,17)/t8?,9-,10+,11?/m1/s1. The number of aliphatic carboxylic acids is 1. The van der Waals surface area contributed by atoms with E-state index >= 15 is 0 Å². The van der Waals surface area contributed by atoms with Gasteiger partial charge in [0.05, 0.1) is 24.0 Å². The second-order valence-corrected chi connectivity index (χ2v) is 5.32. The van der Waals surface area contributed by atoms with E-state index in [2.05, 4.69) is 5.32 Å². The molecule has 102 valence electrons. The van der Waals surface area contributed by atoms with E-state index < -0.39 is 11.9 Å². The van der Waals surface area contributed by atoms with Crippen LogP contribution in [0.3, 0.4) is 0 Å². The molecule has 1 saturated carbocycles. The third kappa shape index (κ3) is 2.83. The molecule has 0 aromatic carbocycles. The van der Waals surface area contributed by atoms with Gasteiger partial charge in [0.15, 0.2) is 0 Å². The van der Waals surface area contributed by atoms with Crippen molar-refractivity contribution < 1.29 is 19.4 Å². The fourth-order valence-electron chi connectivity index (χ4n) is 2.95. The Morgan fingerprint density at radius 2 is 1.83 bits per heavy atom. The summed E-state index contributed by atoms with van der Waals surface area (Å²) in [5.74, 6) is -1.84. The maximum Gasteiger partial charge on any atom is 0.307 e. The molecule has 2 unspecified atom stereocenters. The SMILES string of the molecule is CC1OCCC1NC(=O)[C@@H]1CCCC[C@@H]1C(=O)O. The van der Waals surface area contributed by atoms with Crippen molar-refractivity contribution in [3.05, 3.63) is 0 Å². The van der Waals surface area contributed by atoms with Gasteiger partial charge in [-0.05, 0) is 26.2 Å². The van der Waals surface area contributed by atoms with E-state index in [1.165, 1.54) is 0 Å². The Hall–Kier alpha value is -1.10. The number of carbonyl (C=O) groups is 2. The molecule has 5 nitrogen and oxygen atoms in total. The van der Waals surface area contributed by atoms with E-state index in [1.54, 1.807) is 0 Å². The first kappa shape index (κ1) is 13.3. The van der Waals surface area contributed by atoms with Crippen LogP contribution in [0.4, 0.5) is 0 Å². The summed E-state index contributed by atoms with van der Waals surface area (Å²) in [6, 6.07) is 0.0360. The Kier molecular flexibility index (Phi) is 4.22. The topological polar surface area (TPSA) is 75.6 Å². The van der Waals surface area contributed by atoms with Crippen LogP contribution in [-0.2, 0) is 14.3 Å². The Bertz CT molecular complexity index is 331. The molecule has 1 amide bonds. The molecule has 2 aliphatic rings. The van der Waals surface area contributed by atoms with Crippen molar-refractivity contribution in [3.8, 4) is 0 Å². The fourth-order valence-corrected chi connectivity index (χ4v) is 2.95. The molecular formula is C13H21NO4. The number of nitrogens with one attached hydrogen (secondary N) is 1. The van der Waals surface area contributed by atoms with Gasteiger partial charge in [-0.15, -0.1) is 0 Å². The number of carboxylic acids is 1. The maximum atomic E-state index is 12.2. The van der Waals surface area contributed by atoms with E-state index in [0.29, 0.717) is 19.4 Å². The fraction of sp³-hybridized carbons (Fsp3) is 0.846. The van der Waals surface area contributed by atoms with Crippen molar-refractivity contribution in [2.75, 3.05) is 6.61 Å². The summed E-state index contributed by atoms with van der Waals surface area (Å²) in [5.41, 5.74) is 0. The number of hydrogen-bond acceptors (Lipinski definition) is 3. The second-order valence-electron chi connectivity index (χ2n) is 5.32. The molecule has 4 atom stereocenters. The first-order valence-corrected chi connectivity index (χ1v) is 6.74. The minimum atomic E-state index is -0.842. The predicted molar refractivity (Wildman–Crippen MR) is 65.0 cm³/mol. The first-order chi connectivity index (χ1) is 8.59. The van der Waals surface area contributed by atoms with Crippen LogP contribution in [0.2, 0.25) is 0 Å². The Morgan fingerprint density at radius 1 is 1.17 bits per heavy atom. The Balaban J connectivity index is 1.95. The van der Waals surface area contributed by atoms with Crippen molar-refractivity contribution in [3.63, 3.8) is 0 Å². The zero-order chi connectivity index (χ0) is 13.1. The molecule has 1 saturated heterocycles. The van der Waals surface area contributed by atoms with Crippen molar-refractivity contribution in [2.24, 2.45) is 11.8 Å². The van der Waals surface area contributed by atoms with Gasteiger partial charge in [-0.3, -0.25) is 9.59 Å². The lowest BCUT2D eigenvalue weighted by Crippen LogP contribution is -2.46. The highest BCUT2D eigenvalue weighted by Crippen LogP contribution is 2.30. The Morgan fingerprint density at radius 3 is 2.39 bits per heavy atom. The summed E-state index contributed by atoms with van der Waals surface area (Å²) in [7, 11) is 0. The van der Waals surface area contributed by atoms with Crippen molar-refractivity contribution in [1.29, 1.82) is 0 Å². The number of hydrogen-bond donors (Lipinski definition) is 2. The van der Waals surface area contributed by atoms with Gasteiger partial charge in [0.1, 0.15) is 0 Å². The molecule has 0 radical (unpaired) electrons. The predicted octanol–water partition coefficient (Wildman–Crippen LogP) is 1.17. The molecule has 1 aliphatic heterocycles. The van der Waals surface area contributed by atoms with Crippen LogP contribution in [0.15, 0.2) is 0 Å². The third-order valence-corrected chi connectivity index (χ3v) is 4.12. The molecule has 1 heterocycles. The lowest BCUT2D eigenvalue weighted by molar-refractivity contribution is -0.149. The van der Waals surface area contributed by atoms with Crippen LogP contribution < -0.4 is 5.32 Å². The molecule has 2 N–H and O–H groups in total. The van der Waals surface area contributed by atoms with Crippen molar-refractivity contribution in [2.45, 2.75) is 51.2 Å². The molecule has 0 aromatic rings. The highest BCUT2D eigenvalue weighted by Gasteiger charge is 2.37. The zero-order valence-corrected chi connectivity index (χ0v) is 10.7. The van der Waals surface area contributed by atoms with Crippen LogP contribution >= 0.6 is 0 Å². The molecule has 5 heteroatoms. The summed E-state index contributed by atoms with van der Waals surface area (Å²) in [4.78, 5) is 23.4. The average molecular weight is 255 g/mol. The van der Waals surface area contributed by atoms with Crippen LogP contribution in [0, 0.1) is 11.8 Å². The molecule has 0 bridgehead atoms. The molecular weight excluding hydrogens is 234 g/mol. The molecule has 0 spiro atoms. The Labute approximate surface area is 107 Å². The maximum absolute atomic E-state index is 12.2. The van der Waals surface area contributed by atoms with E-state index in [-0.39, 0.29) is 24.0 Å². The lowest BCUT2D eigenvalue weighted by atomic mass is 9.78. The number of amides is 1. The van der Waals surface area contributed by atoms with Crippen LogP contribution in [0.5, 0.6) is 0 Å². The van der Waals surface area contributed by atoms with E-state index in [1.807, 2.05) is 6.92 Å². The van der Waals surface area contributed by atoms with Crippen molar-refractivity contribution in [1.82, 2.24) is 5.32 Å². The number of carbonyl (C=O) groups excluding carboxylic acids is 1. The molecule has 0 aromatic heterocycles. The van der Waals surface area contributed by atoms with E-state index in [0.717, 1.165) is 19.3 Å². The summed E-state index contributed by atoms with van der Waals surface area (Å²) in [6.45, 7) is 2.60. The number of rotatable bonds is 3. The smallest absolute Gasteiger partial charge is 0.307 e. The largest absolute Gasteiger partial charge is 0.481 e. The lowest BCUT2D eigenvalue weighted by Gasteiger charge is -2.29. The minimum Gasteiger partial charge on any atom is -0.481 e. The third-order valence-electron chi connectivity index (χ3n) is 4.12. The van der Waals surface area contributed by atoms with E-state index in [4.69, 9.17) is 9.84 Å². The average Bonchev–Trinajstić information content (AvgIpc) is 2.75. The highest BCUT2D eigenvalue weighted by molar-refractivity contribution is 5.85. The van der Waals surface area contributed by atoms with Gasteiger partial charge in [0.25, 0.3) is 0 Å². The summed E-state index contributed by atoms with van der Waals surface area (Å²) in [5, 5.41) is 12.1. The summed E-state index contributed by atoms with van der Waals surface area (Å²) >= 11 is 0. The van der Waals surface area contributed by atoms with Gasteiger partial charge in [-0.25, -0.2) is 0 Å². The van der Waals surface area contributed by atoms with E-state index in [9.17, 15) is 9.59 Å². The highest BCUT2D eigenvalue weighted by atomic mass is 16.5. The normalized spacial score (nSPS) is 36.3. The second kappa shape index (κ2) is 5.69. The van der Waals surface area contributed by atoms with Gasteiger partial charge in [0.2, 0.25) is 5.91 Å². The van der Waals surface area contributed by atoms with Crippen LogP contribution in [0.25, 0.3) is 0 Å². The van der Waals surface area contributed by atoms with Gasteiger partial charge in [-0.2, -0.15) is 0 Å². The summed E-state index contributed by atoms with van der Waals surface area (Å²) in [6.07, 6.45) is 4.00. The quantitative estimate of drug-likeness (QED) is 0.793. The monoisotopic (exact) mass is 255 g/mol. The molecule has 1 aliphatic carbocycles. The van der Waals surface area contributed by atoms with Gasteiger partial charge < -0.3 is 15.2 Å². The zero-order valence-electron chi connectivity index (χ0n) is 10.7. The van der Waals surface area contributed by atoms with Gasteiger partial charge in [-0.1, -0.05) is 12.8 Å². The molecule has 18 heavy (non-hydrogen) atoms. The van der Waals surface area contributed by atoms with Gasteiger partial charge >= 0.3 is 5.97 Å². The number of ether oxygens (including phenoxy) is 1. The minimum absolute atomic E-state index is 0.0285. The molecule has 2 fully saturated rings. The first-order valence-electron chi connectivity index (χ1n) is 6.74. The number of carboxylic acid groups (broad SMARTS) is 1. The van der Waals surface area contributed by atoms with Crippen LogP contribution in [0.1, 0.15) is 39.0 Å². The molecule has 2 rings (SSSR count). The summed E-state index contributed by atoms with van der Waals surface area (Å²) < 4.78 is 5.40. The van der Waals surface area contributed by atoms with Gasteiger partial charge in [0, 0.05) is 6.61 Å². The van der Waals surface area contributed by atoms with Crippen molar-refractivity contribution >= 4 is 11.9 Å². The van der Waals surface area contributed by atoms with Crippen LogP contribution in [-0.4, -0.2) is 35.7 Å².